The van der Waals surface area contributed by atoms with Gasteiger partial charge in [-0.15, -0.1) is 0 Å². The highest BCUT2D eigenvalue weighted by molar-refractivity contribution is 8.19. The number of halogens is 2. The van der Waals surface area contributed by atoms with Gasteiger partial charge in [0.25, 0.3) is 0 Å². The second-order valence-electron chi connectivity index (χ2n) is 0.800. The molecule has 0 saturated carbocycles. The predicted molar refractivity (Wildman–Crippen MR) is 28.9 cm³/mol. The molecule has 0 aromatic heterocycles. The van der Waals surface area contributed by atoms with Crippen molar-refractivity contribution in [3.8, 4) is 0 Å². The van der Waals surface area contributed by atoms with Crippen LogP contribution in [0.2, 0.25) is 0 Å². The molecule has 1 amide bonds. The van der Waals surface area contributed by atoms with Crippen molar-refractivity contribution in [2.75, 3.05) is 0 Å². The first kappa shape index (κ1) is 7.28. The minimum atomic E-state index is -3.65. The Morgan fingerprint density at radius 3 is 1.71 bits per heavy atom. The minimum absolute atomic E-state index is 1.17. The van der Waals surface area contributed by atoms with Crippen LogP contribution in [0, 0.1) is 0 Å². The van der Waals surface area contributed by atoms with E-state index in [0.717, 1.165) is 0 Å². The Balaban J connectivity index is 4.09. The standard InChI is InChI=1S/CH2Cl2NO2P/c2-7(3,6)1(4)5/h(H2,4,5). The molecule has 0 aliphatic heterocycles. The van der Waals surface area contributed by atoms with E-state index in [2.05, 4.69) is 5.73 Å². The lowest BCUT2D eigenvalue weighted by Crippen LogP contribution is -2.01. The average Bonchev–Trinajstić information content (AvgIpc) is 1.31. The number of hydrogen-bond acceptors (Lipinski definition) is 2. The highest BCUT2D eigenvalue weighted by Crippen LogP contribution is 2.56. The van der Waals surface area contributed by atoms with Crippen LogP contribution in [-0.4, -0.2) is 5.65 Å². The first-order chi connectivity index (χ1) is 2.94. The fraction of sp³-hybridized carbons (Fsp3) is 0. The van der Waals surface area contributed by atoms with E-state index < -0.39 is 11.5 Å². The van der Waals surface area contributed by atoms with Crippen molar-refractivity contribution in [1.82, 2.24) is 0 Å². The molecule has 0 atom stereocenters. The Labute approximate surface area is 49.7 Å². The zero-order valence-corrected chi connectivity index (χ0v) is 5.50. The van der Waals surface area contributed by atoms with Gasteiger partial charge in [0.1, 0.15) is 0 Å². The molecule has 0 aliphatic rings. The number of carbonyl (C=O) groups excluding carboxylic acids is 1. The third-order valence-corrected chi connectivity index (χ3v) is 1.77. The highest BCUT2D eigenvalue weighted by Gasteiger charge is 2.20. The fourth-order valence-corrected chi connectivity index (χ4v) is 0. The molecule has 0 fully saturated rings. The largest absolute Gasteiger partial charge is 0.361 e. The van der Waals surface area contributed by atoms with E-state index in [-0.39, 0.29) is 0 Å². The second kappa shape index (κ2) is 2.03. The molecule has 0 radical (unpaired) electrons. The van der Waals surface area contributed by atoms with Crippen molar-refractivity contribution in [2.24, 2.45) is 5.73 Å². The maximum Gasteiger partial charge on any atom is 0.337 e. The fourth-order valence-electron chi connectivity index (χ4n) is 0. The van der Waals surface area contributed by atoms with Gasteiger partial charge in [-0.3, -0.25) is 9.36 Å². The topological polar surface area (TPSA) is 60.2 Å². The zero-order chi connectivity index (χ0) is 6.08. The monoisotopic (exact) mass is 161 g/mol. The van der Waals surface area contributed by atoms with Crippen LogP contribution in [0.3, 0.4) is 0 Å². The number of hydrogen-bond donors (Lipinski definition) is 1. The first-order valence-electron chi connectivity index (χ1n) is 1.24. The van der Waals surface area contributed by atoms with E-state index in [9.17, 15) is 9.36 Å². The minimum Gasteiger partial charge on any atom is -0.361 e. The van der Waals surface area contributed by atoms with Crippen molar-refractivity contribution in [2.45, 2.75) is 0 Å². The molecule has 0 saturated heterocycles. The molecule has 0 aromatic rings. The molecule has 2 N–H and O–H groups in total. The van der Waals surface area contributed by atoms with Crippen LogP contribution in [-0.2, 0) is 4.57 Å². The smallest absolute Gasteiger partial charge is 0.337 e. The normalized spacial score (nSPS) is 11.1. The van der Waals surface area contributed by atoms with Gasteiger partial charge in [-0.2, -0.15) is 0 Å². The molecule has 0 unspecified atom stereocenters. The Bertz CT molecular complexity index is 128. The van der Waals surface area contributed by atoms with Crippen LogP contribution in [0.15, 0.2) is 0 Å². The van der Waals surface area contributed by atoms with Crippen molar-refractivity contribution >= 4 is 34.0 Å². The van der Waals surface area contributed by atoms with Gasteiger partial charge in [0.15, 0.2) is 0 Å². The van der Waals surface area contributed by atoms with E-state index in [1.807, 2.05) is 0 Å². The maximum atomic E-state index is 9.97. The molecule has 0 heterocycles. The number of rotatable bonds is 1. The predicted octanol–water partition coefficient (Wildman–Crippen LogP) is 1.74. The maximum absolute atomic E-state index is 9.97. The molecule has 0 spiro atoms. The van der Waals surface area contributed by atoms with Gasteiger partial charge >= 0.3 is 11.5 Å². The molecule has 42 valence electrons. The van der Waals surface area contributed by atoms with Gasteiger partial charge < -0.3 is 5.73 Å². The SMILES string of the molecule is NC(=O)P(=O)(Cl)Cl. The van der Waals surface area contributed by atoms with Crippen LogP contribution < -0.4 is 5.73 Å². The lowest BCUT2D eigenvalue weighted by molar-refractivity contribution is 0.266. The van der Waals surface area contributed by atoms with Gasteiger partial charge in [0, 0.05) is 0 Å². The van der Waals surface area contributed by atoms with Gasteiger partial charge in [0.05, 0.1) is 0 Å². The third-order valence-electron chi connectivity index (χ3n) is 0.257. The summed E-state index contributed by atoms with van der Waals surface area (Å²) in [5, 5.41) is 0. The number of amides is 1. The lowest BCUT2D eigenvalue weighted by atomic mass is 11.5. The Kier molecular flexibility index (Phi) is 2.11. The number of primary amides is 1. The second-order valence-corrected chi connectivity index (χ2v) is 5.54. The summed E-state index contributed by atoms with van der Waals surface area (Å²) in [5.41, 5.74) is 3.23. The molecular formula is CH2Cl2NO2P. The Hall–Kier alpha value is 0.280. The highest BCUT2D eigenvalue weighted by atomic mass is 35.9. The molecule has 3 nitrogen and oxygen atoms in total. The molecular weight excluding hydrogens is 160 g/mol. The summed E-state index contributed by atoms with van der Waals surface area (Å²) in [6, 6.07) is 0. The summed E-state index contributed by atoms with van der Waals surface area (Å²) < 4.78 is 9.97. The van der Waals surface area contributed by atoms with E-state index in [1.54, 1.807) is 0 Å². The molecule has 0 aromatic carbocycles. The summed E-state index contributed by atoms with van der Waals surface area (Å²) >= 11 is 9.43. The van der Waals surface area contributed by atoms with Gasteiger partial charge in [-0.25, -0.2) is 0 Å². The number of nitrogens with two attached hydrogens (primary N) is 1. The third kappa shape index (κ3) is 2.92. The summed E-state index contributed by atoms with van der Waals surface area (Å²) in [5.74, 6) is -3.65. The van der Waals surface area contributed by atoms with Gasteiger partial charge in [-0.1, -0.05) is 0 Å². The van der Waals surface area contributed by atoms with E-state index >= 15 is 0 Å². The first-order valence-corrected chi connectivity index (χ1v) is 4.75. The summed E-state index contributed by atoms with van der Waals surface area (Å²) in [6.07, 6.45) is 0. The zero-order valence-electron chi connectivity index (χ0n) is 3.10. The molecule has 0 rings (SSSR count). The van der Waals surface area contributed by atoms with Crippen LogP contribution in [0.4, 0.5) is 4.79 Å². The van der Waals surface area contributed by atoms with Crippen molar-refractivity contribution in [3.05, 3.63) is 0 Å². The van der Waals surface area contributed by atoms with E-state index in [0.29, 0.717) is 0 Å². The summed E-state index contributed by atoms with van der Waals surface area (Å²) in [7, 11) is 0. The van der Waals surface area contributed by atoms with Gasteiger partial charge in [-0.05, 0) is 22.5 Å². The quantitative estimate of drug-likeness (QED) is 0.596. The van der Waals surface area contributed by atoms with Crippen molar-refractivity contribution in [1.29, 1.82) is 0 Å². The average molecular weight is 162 g/mol. The summed E-state index contributed by atoms with van der Waals surface area (Å²) in [6.45, 7) is 0. The van der Waals surface area contributed by atoms with Crippen LogP contribution in [0.25, 0.3) is 0 Å². The molecule has 6 heteroatoms. The molecule has 0 aliphatic carbocycles. The Morgan fingerprint density at radius 1 is 1.57 bits per heavy atom. The lowest BCUT2D eigenvalue weighted by Gasteiger charge is -1.88. The van der Waals surface area contributed by atoms with Crippen LogP contribution >= 0.6 is 28.3 Å². The molecule has 7 heavy (non-hydrogen) atoms. The van der Waals surface area contributed by atoms with Crippen LogP contribution in [0.5, 0.6) is 0 Å². The van der Waals surface area contributed by atoms with Gasteiger partial charge in [0.2, 0.25) is 0 Å². The van der Waals surface area contributed by atoms with E-state index in [1.165, 1.54) is 0 Å². The van der Waals surface area contributed by atoms with Crippen molar-refractivity contribution < 1.29 is 9.36 Å². The number of carbonyl (C=O) groups is 1. The van der Waals surface area contributed by atoms with Crippen molar-refractivity contribution in [3.63, 3.8) is 0 Å². The van der Waals surface area contributed by atoms with Crippen LogP contribution in [0.1, 0.15) is 0 Å². The van der Waals surface area contributed by atoms with E-state index in [4.69, 9.17) is 22.5 Å². The summed E-state index contributed by atoms with van der Waals surface area (Å²) in [4.78, 5) is 9.72. The molecule has 0 bridgehead atoms. The Morgan fingerprint density at radius 2 is 1.71 bits per heavy atom.